The zero-order valence-corrected chi connectivity index (χ0v) is 19.4. The summed E-state index contributed by atoms with van der Waals surface area (Å²) in [6.45, 7) is 1.94. The third-order valence-electron chi connectivity index (χ3n) is 5.85. The fraction of sp³-hybridized carbons (Fsp3) is 0.185. The molecule has 3 aromatic rings. The minimum Gasteiger partial charge on any atom is -0.507 e. The molecule has 3 aromatic carbocycles. The van der Waals surface area contributed by atoms with Gasteiger partial charge in [-0.3, -0.25) is 14.5 Å². The van der Waals surface area contributed by atoms with E-state index in [-0.39, 0.29) is 16.9 Å². The molecule has 0 saturated carbocycles. The van der Waals surface area contributed by atoms with Crippen LogP contribution in [-0.2, 0) is 9.59 Å². The highest BCUT2D eigenvalue weighted by atomic mass is 16.5. The number of aryl methyl sites for hydroxylation is 1. The molecule has 1 unspecified atom stereocenters. The number of anilines is 1. The number of hydrogen-bond acceptors (Lipinski definition) is 6. The maximum atomic E-state index is 13.3. The Morgan fingerprint density at radius 3 is 2.03 bits per heavy atom. The highest BCUT2D eigenvalue weighted by Gasteiger charge is 2.47. The van der Waals surface area contributed by atoms with Crippen LogP contribution in [-0.4, -0.2) is 38.1 Å². The minimum atomic E-state index is -0.847. The number of hydrogen-bond donors (Lipinski definition) is 1. The first-order chi connectivity index (χ1) is 16.4. The normalized spacial score (nSPS) is 17.1. The van der Waals surface area contributed by atoms with Gasteiger partial charge in [-0.25, -0.2) is 0 Å². The summed E-state index contributed by atoms with van der Waals surface area (Å²) in [5.41, 5.74) is 2.47. The van der Waals surface area contributed by atoms with Crippen LogP contribution in [0.3, 0.4) is 0 Å². The highest BCUT2D eigenvalue weighted by molar-refractivity contribution is 6.51. The second-order valence-corrected chi connectivity index (χ2v) is 7.84. The molecule has 0 bridgehead atoms. The van der Waals surface area contributed by atoms with Gasteiger partial charge in [-0.05, 0) is 48.9 Å². The van der Waals surface area contributed by atoms with Crippen LogP contribution in [0.1, 0.15) is 22.7 Å². The lowest BCUT2D eigenvalue weighted by molar-refractivity contribution is -0.132. The van der Waals surface area contributed by atoms with E-state index in [4.69, 9.17) is 14.2 Å². The number of nitrogens with zero attached hydrogens (tertiary/aromatic N) is 1. The molecule has 174 valence electrons. The van der Waals surface area contributed by atoms with Crippen molar-refractivity contribution in [1.82, 2.24) is 0 Å². The molecule has 1 aliphatic heterocycles. The number of methoxy groups -OCH3 is 3. The van der Waals surface area contributed by atoms with Gasteiger partial charge in [0.1, 0.15) is 23.0 Å². The van der Waals surface area contributed by atoms with Crippen LogP contribution in [0, 0.1) is 6.92 Å². The highest BCUT2D eigenvalue weighted by Crippen LogP contribution is 2.44. The molecule has 0 aromatic heterocycles. The largest absolute Gasteiger partial charge is 0.507 e. The lowest BCUT2D eigenvalue weighted by Gasteiger charge is -2.26. The molecule has 0 spiro atoms. The van der Waals surface area contributed by atoms with Crippen molar-refractivity contribution >= 4 is 23.1 Å². The van der Waals surface area contributed by atoms with Crippen molar-refractivity contribution in [2.75, 3.05) is 26.2 Å². The monoisotopic (exact) mass is 459 g/mol. The van der Waals surface area contributed by atoms with Gasteiger partial charge in [0.25, 0.3) is 11.7 Å². The summed E-state index contributed by atoms with van der Waals surface area (Å²) >= 11 is 0. The Morgan fingerprint density at radius 1 is 0.824 bits per heavy atom. The van der Waals surface area contributed by atoms with Gasteiger partial charge in [-0.1, -0.05) is 29.8 Å². The topological polar surface area (TPSA) is 85.3 Å². The maximum absolute atomic E-state index is 13.3. The molecule has 1 heterocycles. The van der Waals surface area contributed by atoms with Gasteiger partial charge in [-0.15, -0.1) is 0 Å². The van der Waals surface area contributed by atoms with Crippen LogP contribution in [0.2, 0.25) is 0 Å². The fourth-order valence-electron chi connectivity index (χ4n) is 4.05. The number of aliphatic hydroxyl groups excluding tert-OH is 1. The number of carbonyl (C=O) groups is 2. The smallest absolute Gasteiger partial charge is 0.300 e. The average molecular weight is 459 g/mol. The second-order valence-electron chi connectivity index (χ2n) is 7.84. The molecule has 1 saturated heterocycles. The van der Waals surface area contributed by atoms with E-state index in [2.05, 4.69) is 0 Å². The lowest BCUT2D eigenvalue weighted by atomic mass is 9.94. The number of Topliss-reactive ketones (excluding diaryl/α,β-unsaturated/α-hetero) is 1. The van der Waals surface area contributed by atoms with Crippen molar-refractivity contribution in [3.63, 3.8) is 0 Å². The Kier molecular flexibility index (Phi) is 6.27. The van der Waals surface area contributed by atoms with Crippen LogP contribution in [0.15, 0.2) is 72.3 Å². The summed E-state index contributed by atoms with van der Waals surface area (Å²) in [6, 6.07) is 18.3. The first-order valence-corrected chi connectivity index (χ1v) is 10.6. The molecule has 1 amide bonds. The number of carbonyl (C=O) groups excluding carboxylic acids is 2. The Hall–Kier alpha value is -4.26. The van der Waals surface area contributed by atoms with Gasteiger partial charge in [0.2, 0.25) is 0 Å². The molecule has 7 nitrogen and oxygen atoms in total. The second kappa shape index (κ2) is 9.31. The van der Waals surface area contributed by atoms with E-state index >= 15 is 0 Å². The predicted octanol–water partition coefficient (Wildman–Crippen LogP) is 4.65. The van der Waals surface area contributed by atoms with Gasteiger partial charge in [0.05, 0.1) is 38.5 Å². The summed E-state index contributed by atoms with van der Waals surface area (Å²) in [5.74, 6) is -0.358. The van der Waals surface area contributed by atoms with Gasteiger partial charge in [0, 0.05) is 11.8 Å². The molecule has 1 aliphatic rings. The number of aliphatic hydroxyl groups is 1. The first-order valence-electron chi connectivity index (χ1n) is 10.6. The Balaban J connectivity index is 1.94. The quantitative estimate of drug-likeness (QED) is 0.328. The molecular weight excluding hydrogens is 434 g/mol. The van der Waals surface area contributed by atoms with Crippen molar-refractivity contribution < 1.29 is 28.9 Å². The third kappa shape index (κ3) is 3.96. The zero-order chi connectivity index (χ0) is 24.4. The van der Waals surface area contributed by atoms with Gasteiger partial charge < -0.3 is 19.3 Å². The summed E-state index contributed by atoms with van der Waals surface area (Å²) < 4.78 is 15.9. The average Bonchev–Trinajstić information content (AvgIpc) is 3.14. The SMILES string of the molecule is COc1ccc(C2/C(=C(/O)c3ccc(OC)cc3OC)C(=O)C(=O)N2c2ccc(C)cc2)cc1. The van der Waals surface area contributed by atoms with E-state index < -0.39 is 17.7 Å². The van der Waals surface area contributed by atoms with Crippen molar-refractivity contribution in [2.24, 2.45) is 0 Å². The first kappa shape index (κ1) is 22.9. The van der Waals surface area contributed by atoms with Crippen LogP contribution >= 0.6 is 0 Å². The number of amides is 1. The van der Waals surface area contributed by atoms with Crippen molar-refractivity contribution in [3.8, 4) is 17.2 Å². The molecule has 34 heavy (non-hydrogen) atoms. The van der Waals surface area contributed by atoms with Crippen LogP contribution in [0.25, 0.3) is 5.76 Å². The van der Waals surface area contributed by atoms with Crippen LogP contribution < -0.4 is 19.1 Å². The minimum absolute atomic E-state index is 0.0285. The molecule has 1 fully saturated rings. The number of benzene rings is 3. The zero-order valence-electron chi connectivity index (χ0n) is 19.4. The van der Waals surface area contributed by atoms with Crippen molar-refractivity contribution in [1.29, 1.82) is 0 Å². The van der Waals surface area contributed by atoms with E-state index in [0.29, 0.717) is 28.5 Å². The Bertz CT molecular complexity index is 1260. The maximum Gasteiger partial charge on any atom is 0.300 e. The third-order valence-corrected chi connectivity index (χ3v) is 5.85. The van der Waals surface area contributed by atoms with E-state index in [9.17, 15) is 14.7 Å². The van der Waals surface area contributed by atoms with Gasteiger partial charge >= 0.3 is 0 Å². The molecular formula is C27H25NO6. The molecule has 4 rings (SSSR count). The molecule has 0 radical (unpaired) electrons. The lowest BCUT2D eigenvalue weighted by Crippen LogP contribution is -2.29. The Morgan fingerprint density at radius 2 is 1.44 bits per heavy atom. The van der Waals surface area contributed by atoms with E-state index in [1.165, 1.54) is 19.1 Å². The van der Waals surface area contributed by atoms with Crippen LogP contribution in [0.5, 0.6) is 17.2 Å². The summed E-state index contributed by atoms with van der Waals surface area (Å²) in [6.07, 6.45) is 0. The van der Waals surface area contributed by atoms with Crippen molar-refractivity contribution in [3.05, 3.63) is 89.0 Å². The fourth-order valence-corrected chi connectivity index (χ4v) is 4.05. The number of rotatable bonds is 6. The van der Waals surface area contributed by atoms with Crippen molar-refractivity contribution in [2.45, 2.75) is 13.0 Å². The molecule has 7 heteroatoms. The van der Waals surface area contributed by atoms with E-state index in [1.807, 2.05) is 19.1 Å². The van der Waals surface area contributed by atoms with Gasteiger partial charge in [-0.2, -0.15) is 0 Å². The van der Waals surface area contributed by atoms with Gasteiger partial charge in [0.15, 0.2) is 0 Å². The summed E-state index contributed by atoms with van der Waals surface area (Å²) in [7, 11) is 4.53. The molecule has 0 aliphatic carbocycles. The molecule has 1 N–H and O–H groups in total. The van der Waals surface area contributed by atoms with Crippen LogP contribution in [0.4, 0.5) is 5.69 Å². The summed E-state index contributed by atoms with van der Waals surface area (Å²) in [5, 5.41) is 11.4. The number of ketones is 1. The summed E-state index contributed by atoms with van der Waals surface area (Å²) in [4.78, 5) is 28.0. The molecule has 1 atom stereocenters. The van der Waals surface area contributed by atoms with E-state index in [1.54, 1.807) is 61.7 Å². The number of ether oxygens (including phenoxy) is 3. The predicted molar refractivity (Wildman–Crippen MR) is 129 cm³/mol. The Labute approximate surface area is 197 Å². The standard InChI is InChI=1S/C27H25NO6/c1-16-5-9-18(10-6-16)28-24(17-7-11-19(32-2)12-8-17)23(26(30)27(28)31)25(29)21-14-13-20(33-3)15-22(21)34-4/h5-15,24,29H,1-4H3/b25-23-. The van der Waals surface area contributed by atoms with E-state index in [0.717, 1.165) is 5.56 Å².